The van der Waals surface area contributed by atoms with Crippen LogP contribution in [0, 0.1) is 5.92 Å². The van der Waals surface area contributed by atoms with E-state index in [1.54, 1.807) is 17.0 Å². The maximum absolute atomic E-state index is 12.7. The van der Waals surface area contributed by atoms with Crippen LogP contribution in [0.25, 0.3) is 0 Å². The van der Waals surface area contributed by atoms with Gasteiger partial charge < -0.3 is 19.5 Å². The number of likely N-dealkylation sites (tertiary alicyclic amines) is 2. The van der Waals surface area contributed by atoms with Gasteiger partial charge in [0.05, 0.1) is 12.2 Å². The first kappa shape index (κ1) is 17.5. The zero-order chi connectivity index (χ0) is 18.0. The van der Waals surface area contributed by atoms with Gasteiger partial charge in [0.2, 0.25) is 11.8 Å². The molecule has 2 aliphatic heterocycles. The molecule has 0 radical (unpaired) electrons. The minimum absolute atomic E-state index is 0.0408. The summed E-state index contributed by atoms with van der Waals surface area (Å²) in [5.41, 5.74) is 0. The van der Waals surface area contributed by atoms with E-state index in [1.807, 2.05) is 18.7 Å². The highest BCUT2D eigenvalue weighted by atomic mass is 16.3. The van der Waals surface area contributed by atoms with Gasteiger partial charge in [-0.1, -0.05) is 0 Å². The first-order chi connectivity index (χ1) is 12.0. The Bertz CT molecular complexity index is 633. The van der Waals surface area contributed by atoms with E-state index in [0.29, 0.717) is 44.7 Å². The summed E-state index contributed by atoms with van der Waals surface area (Å²) in [6.07, 6.45) is 3.21. The van der Waals surface area contributed by atoms with Gasteiger partial charge in [0.15, 0.2) is 5.76 Å². The minimum Gasteiger partial charge on any atom is -0.459 e. The Labute approximate surface area is 147 Å². The van der Waals surface area contributed by atoms with Crippen molar-refractivity contribution in [1.29, 1.82) is 0 Å². The van der Waals surface area contributed by atoms with Gasteiger partial charge in [-0.15, -0.1) is 0 Å². The van der Waals surface area contributed by atoms with Gasteiger partial charge >= 0.3 is 0 Å². The summed E-state index contributed by atoms with van der Waals surface area (Å²) < 4.78 is 5.09. The molecule has 1 aromatic heterocycles. The molecule has 7 heteroatoms. The molecule has 1 unspecified atom stereocenters. The van der Waals surface area contributed by atoms with Crippen molar-refractivity contribution in [3.63, 3.8) is 0 Å². The number of hydrogen-bond donors (Lipinski definition) is 1. The number of amides is 3. The molecule has 2 saturated heterocycles. The maximum Gasteiger partial charge on any atom is 0.287 e. The third-order valence-corrected chi connectivity index (χ3v) is 5.02. The predicted octanol–water partition coefficient (Wildman–Crippen LogP) is 1.26. The lowest BCUT2D eigenvalue weighted by Gasteiger charge is -2.33. The molecule has 25 heavy (non-hydrogen) atoms. The van der Waals surface area contributed by atoms with Crippen LogP contribution in [0.1, 0.15) is 43.7 Å². The highest BCUT2D eigenvalue weighted by molar-refractivity contribution is 5.91. The van der Waals surface area contributed by atoms with Crippen molar-refractivity contribution in [3.05, 3.63) is 24.2 Å². The van der Waals surface area contributed by atoms with Gasteiger partial charge in [-0.25, -0.2) is 0 Å². The standard InChI is InChI=1S/C18H25N3O4/c1-12(2)21-11-13(10-16(21)22)18(24)20-7-5-14(6-8-20)19-17(23)15-4-3-9-25-15/h3-4,9,12-14H,5-8,10-11H2,1-2H3,(H,19,23). The Kier molecular flexibility index (Phi) is 5.11. The first-order valence-electron chi connectivity index (χ1n) is 8.88. The molecular weight excluding hydrogens is 322 g/mol. The quantitative estimate of drug-likeness (QED) is 0.889. The molecule has 7 nitrogen and oxygen atoms in total. The number of hydrogen-bond acceptors (Lipinski definition) is 4. The van der Waals surface area contributed by atoms with Crippen LogP contribution in [-0.2, 0) is 9.59 Å². The summed E-state index contributed by atoms with van der Waals surface area (Å²) in [4.78, 5) is 40.3. The fourth-order valence-electron chi connectivity index (χ4n) is 3.56. The zero-order valence-electron chi connectivity index (χ0n) is 14.7. The van der Waals surface area contributed by atoms with Gasteiger partial charge in [0.1, 0.15) is 0 Å². The molecule has 1 N–H and O–H groups in total. The summed E-state index contributed by atoms with van der Waals surface area (Å²) in [6.45, 7) is 5.67. The van der Waals surface area contributed by atoms with Crippen molar-refractivity contribution in [2.75, 3.05) is 19.6 Å². The number of rotatable bonds is 4. The molecule has 2 fully saturated rings. The number of nitrogens with one attached hydrogen (secondary N) is 1. The van der Waals surface area contributed by atoms with E-state index in [0.717, 1.165) is 0 Å². The zero-order valence-corrected chi connectivity index (χ0v) is 14.7. The van der Waals surface area contributed by atoms with Crippen molar-refractivity contribution < 1.29 is 18.8 Å². The van der Waals surface area contributed by atoms with Gasteiger partial charge in [0, 0.05) is 38.1 Å². The SMILES string of the molecule is CC(C)N1CC(C(=O)N2CCC(NC(=O)c3ccco3)CC2)CC1=O. The number of carbonyl (C=O) groups excluding carboxylic acids is 3. The van der Waals surface area contributed by atoms with Crippen LogP contribution >= 0.6 is 0 Å². The van der Waals surface area contributed by atoms with E-state index in [9.17, 15) is 14.4 Å². The Hall–Kier alpha value is -2.31. The maximum atomic E-state index is 12.7. The summed E-state index contributed by atoms with van der Waals surface area (Å²) in [5.74, 6) is -0.0223. The van der Waals surface area contributed by atoms with Gasteiger partial charge in [-0.2, -0.15) is 0 Å². The molecule has 2 aliphatic rings. The highest BCUT2D eigenvalue weighted by Gasteiger charge is 2.38. The number of furan rings is 1. The summed E-state index contributed by atoms with van der Waals surface area (Å²) in [6, 6.07) is 3.48. The van der Waals surface area contributed by atoms with Gasteiger partial charge in [-0.3, -0.25) is 14.4 Å². The van der Waals surface area contributed by atoms with Crippen LogP contribution in [0.5, 0.6) is 0 Å². The average Bonchev–Trinajstić information content (AvgIpc) is 3.24. The van der Waals surface area contributed by atoms with Crippen LogP contribution in [0.15, 0.2) is 22.8 Å². The van der Waals surface area contributed by atoms with E-state index in [1.165, 1.54) is 6.26 Å². The van der Waals surface area contributed by atoms with Crippen LogP contribution in [0.3, 0.4) is 0 Å². The summed E-state index contributed by atoms with van der Waals surface area (Å²) in [7, 11) is 0. The number of carbonyl (C=O) groups is 3. The number of nitrogens with zero attached hydrogens (tertiary/aromatic N) is 2. The lowest BCUT2D eigenvalue weighted by Crippen LogP contribution is -2.48. The van der Waals surface area contributed by atoms with E-state index in [-0.39, 0.29) is 35.7 Å². The number of piperidine rings is 1. The van der Waals surface area contributed by atoms with Crippen molar-refractivity contribution in [1.82, 2.24) is 15.1 Å². The van der Waals surface area contributed by atoms with Crippen LogP contribution in [0.2, 0.25) is 0 Å². The molecule has 0 bridgehead atoms. The van der Waals surface area contributed by atoms with Crippen molar-refractivity contribution >= 4 is 17.7 Å². The molecule has 0 spiro atoms. The van der Waals surface area contributed by atoms with E-state index in [2.05, 4.69) is 5.32 Å². The molecule has 0 aliphatic carbocycles. The second kappa shape index (κ2) is 7.29. The highest BCUT2D eigenvalue weighted by Crippen LogP contribution is 2.24. The molecule has 3 rings (SSSR count). The Balaban J connectivity index is 1.48. The third kappa shape index (κ3) is 3.86. The van der Waals surface area contributed by atoms with E-state index in [4.69, 9.17) is 4.42 Å². The normalized spacial score (nSPS) is 21.9. The summed E-state index contributed by atoms with van der Waals surface area (Å²) in [5, 5.41) is 2.95. The summed E-state index contributed by atoms with van der Waals surface area (Å²) >= 11 is 0. The smallest absolute Gasteiger partial charge is 0.287 e. The van der Waals surface area contributed by atoms with Gasteiger partial charge in [-0.05, 0) is 38.8 Å². The van der Waals surface area contributed by atoms with Crippen LogP contribution < -0.4 is 5.32 Å². The molecule has 136 valence electrons. The predicted molar refractivity (Wildman–Crippen MR) is 90.7 cm³/mol. The van der Waals surface area contributed by atoms with Crippen LogP contribution in [-0.4, -0.2) is 59.2 Å². The van der Waals surface area contributed by atoms with Crippen molar-refractivity contribution in [2.45, 2.75) is 45.2 Å². The largest absolute Gasteiger partial charge is 0.459 e. The monoisotopic (exact) mass is 347 g/mol. The second-order valence-corrected chi connectivity index (χ2v) is 7.09. The van der Waals surface area contributed by atoms with Gasteiger partial charge in [0.25, 0.3) is 5.91 Å². The molecule has 0 aromatic carbocycles. The minimum atomic E-state index is -0.232. The fourth-order valence-corrected chi connectivity index (χ4v) is 3.56. The third-order valence-electron chi connectivity index (χ3n) is 5.02. The Morgan fingerprint density at radius 2 is 2.00 bits per heavy atom. The molecule has 1 aromatic rings. The van der Waals surface area contributed by atoms with Crippen molar-refractivity contribution in [3.8, 4) is 0 Å². The van der Waals surface area contributed by atoms with Crippen molar-refractivity contribution in [2.24, 2.45) is 5.92 Å². The first-order valence-corrected chi connectivity index (χ1v) is 8.88. The van der Waals surface area contributed by atoms with E-state index >= 15 is 0 Å². The lowest BCUT2D eigenvalue weighted by molar-refractivity contribution is -0.136. The Morgan fingerprint density at radius 1 is 1.28 bits per heavy atom. The molecule has 3 heterocycles. The molecule has 1 atom stereocenters. The second-order valence-electron chi connectivity index (χ2n) is 7.09. The lowest BCUT2D eigenvalue weighted by atomic mass is 10.0. The van der Waals surface area contributed by atoms with Crippen LogP contribution in [0.4, 0.5) is 0 Å². The fraction of sp³-hybridized carbons (Fsp3) is 0.611. The molecular formula is C18H25N3O4. The average molecular weight is 347 g/mol. The Morgan fingerprint density at radius 3 is 2.56 bits per heavy atom. The van der Waals surface area contributed by atoms with E-state index < -0.39 is 0 Å². The molecule has 3 amide bonds. The molecule has 0 saturated carbocycles. The topological polar surface area (TPSA) is 82.9 Å².